The molecule has 0 spiro atoms. The van der Waals surface area contributed by atoms with E-state index in [1.807, 2.05) is 6.07 Å². The third kappa shape index (κ3) is 2.99. The molecule has 3 rings (SSSR count). The number of likely N-dealkylation sites (tertiary alicyclic amines) is 1. The molecule has 0 bridgehead atoms. The normalized spacial score (nSPS) is 28.6. The molecular formula is C17H26N2O. The smallest absolute Gasteiger partial charge is 0.119 e. The van der Waals surface area contributed by atoms with Crippen molar-refractivity contribution in [3.63, 3.8) is 0 Å². The first-order chi connectivity index (χ1) is 9.67. The second kappa shape index (κ2) is 5.74. The maximum atomic E-state index is 5.31. The summed E-state index contributed by atoms with van der Waals surface area (Å²) in [6.45, 7) is 5.83. The Bertz CT molecular complexity index is 458. The maximum absolute atomic E-state index is 5.31. The molecule has 3 atom stereocenters. The minimum atomic E-state index is 0.376. The Hall–Kier alpha value is -1.06. The zero-order valence-corrected chi connectivity index (χ0v) is 12.8. The van der Waals surface area contributed by atoms with Crippen LogP contribution in [0, 0.1) is 0 Å². The molecule has 1 N–H and O–H groups in total. The molecular weight excluding hydrogens is 248 g/mol. The largest absolute Gasteiger partial charge is 0.497 e. The van der Waals surface area contributed by atoms with Crippen molar-refractivity contribution < 1.29 is 4.74 Å². The fraction of sp³-hybridized carbons (Fsp3) is 0.647. The predicted molar refractivity (Wildman–Crippen MR) is 82.1 cm³/mol. The van der Waals surface area contributed by atoms with E-state index < -0.39 is 0 Å². The molecule has 1 aliphatic heterocycles. The number of hydrogen-bond acceptors (Lipinski definition) is 3. The van der Waals surface area contributed by atoms with E-state index in [1.54, 1.807) is 7.11 Å². The van der Waals surface area contributed by atoms with Crippen molar-refractivity contribution in [1.82, 2.24) is 10.2 Å². The molecule has 1 heterocycles. The fourth-order valence-electron chi connectivity index (χ4n) is 3.45. The summed E-state index contributed by atoms with van der Waals surface area (Å²) < 4.78 is 5.31. The van der Waals surface area contributed by atoms with Crippen molar-refractivity contribution in [3.05, 3.63) is 29.8 Å². The van der Waals surface area contributed by atoms with Gasteiger partial charge in [0.05, 0.1) is 7.11 Å². The first-order valence-electron chi connectivity index (χ1n) is 7.83. The van der Waals surface area contributed by atoms with Crippen LogP contribution >= 0.6 is 0 Å². The average molecular weight is 274 g/mol. The second-order valence-corrected chi connectivity index (χ2v) is 6.37. The highest BCUT2D eigenvalue weighted by Gasteiger charge is 2.38. The van der Waals surface area contributed by atoms with Crippen molar-refractivity contribution in [1.29, 1.82) is 0 Å². The van der Waals surface area contributed by atoms with Crippen molar-refractivity contribution in [2.75, 3.05) is 13.7 Å². The number of nitrogens with zero attached hydrogens (tertiary/aromatic N) is 1. The van der Waals surface area contributed by atoms with Gasteiger partial charge in [-0.05, 0) is 50.8 Å². The minimum Gasteiger partial charge on any atom is -0.497 e. The van der Waals surface area contributed by atoms with Crippen LogP contribution < -0.4 is 10.1 Å². The van der Waals surface area contributed by atoms with Crippen LogP contribution in [0.3, 0.4) is 0 Å². The Balaban J connectivity index is 1.59. The molecule has 1 saturated carbocycles. The molecule has 20 heavy (non-hydrogen) atoms. The number of nitrogens with one attached hydrogen (secondary N) is 1. The van der Waals surface area contributed by atoms with Gasteiger partial charge in [-0.3, -0.25) is 4.90 Å². The lowest BCUT2D eigenvalue weighted by atomic mass is 10.1. The third-order valence-electron chi connectivity index (χ3n) is 4.72. The molecule has 110 valence electrons. The number of methoxy groups -OCH3 is 1. The van der Waals surface area contributed by atoms with Crippen LogP contribution in [-0.2, 0) is 0 Å². The monoisotopic (exact) mass is 274 g/mol. The summed E-state index contributed by atoms with van der Waals surface area (Å²) in [6, 6.07) is 11.0. The molecule has 1 aromatic carbocycles. The minimum absolute atomic E-state index is 0.376. The first-order valence-corrected chi connectivity index (χ1v) is 7.83. The molecule has 1 saturated heterocycles. The van der Waals surface area contributed by atoms with E-state index in [2.05, 4.69) is 42.3 Å². The van der Waals surface area contributed by atoms with Crippen molar-refractivity contribution in [2.45, 2.75) is 57.3 Å². The van der Waals surface area contributed by atoms with E-state index in [9.17, 15) is 0 Å². The van der Waals surface area contributed by atoms with Gasteiger partial charge < -0.3 is 10.1 Å². The highest BCUT2D eigenvalue weighted by atomic mass is 16.5. The summed E-state index contributed by atoms with van der Waals surface area (Å²) in [7, 11) is 1.73. The first kappa shape index (κ1) is 13.9. The number of ether oxygens (including phenoxy) is 1. The van der Waals surface area contributed by atoms with Gasteiger partial charge >= 0.3 is 0 Å². The molecule has 0 radical (unpaired) electrons. The second-order valence-electron chi connectivity index (χ2n) is 6.37. The van der Waals surface area contributed by atoms with E-state index in [4.69, 9.17) is 4.74 Å². The quantitative estimate of drug-likeness (QED) is 0.893. The van der Waals surface area contributed by atoms with Gasteiger partial charge in [-0.2, -0.15) is 0 Å². The van der Waals surface area contributed by atoms with E-state index in [1.165, 1.54) is 31.4 Å². The lowest BCUT2D eigenvalue weighted by Gasteiger charge is -2.21. The number of benzene rings is 1. The Morgan fingerprint density at radius 2 is 2.15 bits per heavy atom. The zero-order chi connectivity index (χ0) is 14.1. The SMILES string of the molecule is COc1cccc([C@H](C)NC2CC(C)N(C3CC3)C2)c1. The predicted octanol–water partition coefficient (Wildman–Crippen LogP) is 2.97. The summed E-state index contributed by atoms with van der Waals surface area (Å²) in [4.78, 5) is 2.69. The van der Waals surface area contributed by atoms with Crippen LogP contribution in [0.1, 0.15) is 44.7 Å². The van der Waals surface area contributed by atoms with E-state index in [0.717, 1.165) is 17.8 Å². The van der Waals surface area contributed by atoms with Gasteiger partial charge in [0.2, 0.25) is 0 Å². The molecule has 3 heteroatoms. The number of hydrogen-bond donors (Lipinski definition) is 1. The van der Waals surface area contributed by atoms with Crippen LogP contribution in [-0.4, -0.2) is 36.7 Å². The van der Waals surface area contributed by atoms with E-state index in [0.29, 0.717) is 12.1 Å². The molecule has 2 fully saturated rings. The standard InChI is InChI=1S/C17H26N2O/c1-12-9-15(11-19(12)16-7-8-16)18-13(2)14-5-4-6-17(10-14)20-3/h4-6,10,12-13,15-16,18H,7-9,11H2,1-3H3/t12?,13-,15?/m0/s1. The van der Waals surface area contributed by atoms with Gasteiger partial charge in [0.15, 0.2) is 0 Å². The summed E-state index contributed by atoms with van der Waals surface area (Å²) in [6.07, 6.45) is 4.08. The van der Waals surface area contributed by atoms with Gasteiger partial charge in [0.25, 0.3) is 0 Å². The average Bonchev–Trinajstić information content (AvgIpc) is 3.23. The molecule has 1 aliphatic carbocycles. The molecule has 2 unspecified atom stereocenters. The van der Waals surface area contributed by atoms with Gasteiger partial charge in [-0.15, -0.1) is 0 Å². The Morgan fingerprint density at radius 1 is 1.35 bits per heavy atom. The van der Waals surface area contributed by atoms with Crippen LogP contribution in [0.25, 0.3) is 0 Å². The molecule has 0 aromatic heterocycles. The Morgan fingerprint density at radius 3 is 2.85 bits per heavy atom. The number of rotatable bonds is 5. The zero-order valence-electron chi connectivity index (χ0n) is 12.8. The van der Waals surface area contributed by atoms with Gasteiger partial charge in [-0.25, -0.2) is 0 Å². The van der Waals surface area contributed by atoms with Gasteiger partial charge in [0.1, 0.15) is 5.75 Å². The van der Waals surface area contributed by atoms with E-state index >= 15 is 0 Å². The molecule has 3 nitrogen and oxygen atoms in total. The van der Waals surface area contributed by atoms with Crippen molar-refractivity contribution in [3.8, 4) is 5.75 Å². The van der Waals surface area contributed by atoms with Crippen molar-refractivity contribution in [2.24, 2.45) is 0 Å². The van der Waals surface area contributed by atoms with Crippen molar-refractivity contribution >= 4 is 0 Å². The van der Waals surface area contributed by atoms with Gasteiger partial charge in [0, 0.05) is 30.7 Å². The summed E-state index contributed by atoms with van der Waals surface area (Å²) in [5.74, 6) is 0.940. The lowest BCUT2D eigenvalue weighted by Crippen LogP contribution is -2.35. The summed E-state index contributed by atoms with van der Waals surface area (Å²) in [5, 5.41) is 3.79. The van der Waals surface area contributed by atoms with Crippen LogP contribution in [0.15, 0.2) is 24.3 Å². The third-order valence-corrected chi connectivity index (χ3v) is 4.72. The lowest BCUT2D eigenvalue weighted by molar-refractivity contribution is 0.254. The molecule has 0 amide bonds. The van der Waals surface area contributed by atoms with Gasteiger partial charge in [-0.1, -0.05) is 12.1 Å². The maximum Gasteiger partial charge on any atom is 0.119 e. The fourth-order valence-corrected chi connectivity index (χ4v) is 3.45. The van der Waals surface area contributed by atoms with Crippen LogP contribution in [0.5, 0.6) is 5.75 Å². The Labute approximate surface area is 122 Å². The van der Waals surface area contributed by atoms with Crippen LogP contribution in [0.2, 0.25) is 0 Å². The van der Waals surface area contributed by atoms with Crippen LogP contribution in [0.4, 0.5) is 0 Å². The topological polar surface area (TPSA) is 24.5 Å². The summed E-state index contributed by atoms with van der Waals surface area (Å²) in [5.41, 5.74) is 1.31. The Kier molecular flexibility index (Phi) is 3.99. The van der Waals surface area contributed by atoms with E-state index in [-0.39, 0.29) is 0 Å². The molecule has 1 aromatic rings. The summed E-state index contributed by atoms with van der Waals surface area (Å²) >= 11 is 0. The molecule has 2 aliphatic rings. The highest BCUT2D eigenvalue weighted by Crippen LogP contribution is 2.33. The highest BCUT2D eigenvalue weighted by molar-refractivity contribution is 5.30.